The van der Waals surface area contributed by atoms with Crippen LogP contribution in [0.3, 0.4) is 0 Å². The van der Waals surface area contributed by atoms with Gasteiger partial charge in [-0.3, -0.25) is 14.4 Å². The van der Waals surface area contributed by atoms with E-state index in [1.807, 2.05) is 49.4 Å². The molecule has 4 rings (SSSR count). The van der Waals surface area contributed by atoms with Crippen LogP contribution in [0.15, 0.2) is 42.5 Å². The highest BCUT2D eigenvalue weighted by Gasteiger charge is 2.31. The summed E-state index contributed by atoms with van der Waals surface area (Å²) in [5.74, 6) is -0.762. The van der Waals surface area contributed by atoms with Gasteiger partial charge in [0.15, 0.2) is 0 Å². The van der Waals surface area contributed by atoms with Crippen LogP contribution >= 0.6 is 0 Å². The van der Waals surface area contributed by atoms with E-state index in [2.05, 4.69) is 16.0 Å². The van der Waals surface area contributed by atoms with Crippen molar-refractivity contribution in [2.24, 2.45) is 0 Å². The maximum Gasteiger partial charge on any atom is 0.228 e. The third-order valence-electron chi connectivity index (χ3n) is 5.20. The lowest BCUT2D eigenvalue weighted by atomic mass is 9.89. The van der Waals surface area contributed by atoms with Crippen LogP contribution in [0.5, 0.6) is 0 Å². The maximum atomic E-state index is 12.9. The van der Waals surface area contributed by atoms with Gasteiger partial charge in [-0.1, -0.05) is 30.3 Å². The van der Waals surface area contributed by atoms with E-state index in [9.17, 15) is 14.4 Å². The molecule has 0 aliphatic carbocycles. The highest BCUT2D eigenvalue weighted by Crippen LogP contribution is 2.33. The number of carbonyl (C=O) groups excluding carboxylic acids is 3. The topological polar surface area (TPSA) is 87.3 Å². The smallest absolute Gasteiger partial charge is 0.228 e. The molecule has 3 amide bonds. The van der Waals surface area contributed by atoms with Crippen molar-refractivity contribution in [2.45, 2.75) is 38.1 Å². The molecule has 6 heteroatoms. The van der Waals surface area contributed by atoms with Crippen LogP contribution < -0.4 is 16.0 Å². The van der Waals surface area contributed by atoms with Crippen LogP contribution in [0, 0.1) is 0 Å². The third kappa shape index (κ3) is 3.43. The average molecular weight is 363 g/mol. The molecule has 0 bridgehead atoms. The molecule has 0 radical (unpaired) electrons. The largest absolute Gasteiger partial charge is 0.349 e. The van der Waals surface area contributed by atoms with Gasteiger partial charge in [-0.15, -0.1) is 0 Å². The van der Waals surface area contributed by atoms with Gasteiger partial charge in [0.25, 0.3) is 0 Å². The zero-order chi connectivity index (χ0) is 19.0. The molecule has 0 fully saturated rings. The van der Waals surface area contributed by atoms with Gasteiger partial charge < -0.3 is 16.0 Å². The second-order valence-electron chi connectivity index (χ2n) is 7.09. The molecule has 2 heterocycles. The molecule has 0 spiro atoms. The Labute approximate surface area is 157 Å². The number of para-hydroxylation sites is 1. The van der Waals surface area contributed by atoms with Gasteiger partial charge in [0.1, 0.15) is 0 Å². The van der Waals surface area contributed by atoms with Gasteiger partial charge in [-0.2, -0.15) is 0 Å². The number of amides is 3. The SMILES string of the molecule is CC(NC(=O)C1CC(=O)Nc2ccccc21)c1ccc2c(c1)CCC(=O)N2. The summed E-state index contributed by atoms with van der Waals surface area (Å²) < 4.78 is 0. The fourth-order valence-corrected chi connectivity index (χ4v) is 3.72. The van der Waals surface area contributed by atoms with Gasteiger partial charge in [0.2, 0.25) is 17.7 Å². The van der Waals surface area contributed by atoms with Crippen LogP contribution in [0.25, 0.3) is 0 Å². The number of benzene rings is 2. The second-order valence-corrected chi connectivity index (χ2v) is 7.09. The third-order valence-corrected chi connectivity index (χ3v) is 5.20. The lowest BCUT2D eigenvalue weighted by Gasteiger charge is -2.26. The fraction of sp³-hybridized carbons (Fsp3) is 0.286. The number of nitrogens with one attached hydrogen (secondary N) is 3. The van der Waals surface area contributed by atoms with Gasteiger partial charge in [0.05, 0.1) is 12.0 Å². The minimum Gasteiger partial charge on any atom is -0.349 e. The summed E-state index contributed by atoms with van der Waals surface area (Å²) in [5.41, 5.74) is 4.44. The summed E-state index contributed by atoms with van der Waals surface area (Å²) >= 11 is 0. The van der Waals surface area contributed by atoms with Crippen molar-refractivity contribution < 1.29 is 14.4 Å². The Kier molecular flexibility index (Phi) is 4.39. The monoisotopic (exact) mass is 363 g/mol. The first kappa shape index (κ1) is 17.3. The summed E-state index contributed by atoms with van der Waals surface area (Å²) in [7, 11) is 0. The highest BCUT2D eigenvalue weighted by atomic mass is 16.2. The predicted octanol–water partition coefficient (Wildman–Crippen LogP) is 2.87. The molecule has 2 atom stereocenters. The van der Waals surface area contributed by atoms with E-state index >= 15 is 0 Å². The molecule has 27 heavy (non-hydrogen) atoms. The number of aryl methyl sites for hydroxylation is 1. The standard InChI is InChI=1S/C21H21N3O3/c1-12(13-6-8-17-14(10-13)7-9-19(25)23-17)22-21(27)16-11-20(26)24-18-5-3-2-4-15(16)18/h2-6,8,10,12,16H,7,9,11H2,1H3,(H,22,27)(H,23,25)(H,24,26). The van der Waals surface area contributed by atoms with Gasteiger partial charge in [-0.25, -0.2) is 0 Å². The Morgan fingerprint density at radius 1 is 1.04 bits per heavy atom. The zero-order valence-electron chi connectivity index (χ0n) is 15.0. The highest BCUT2D eigenvalue weighted by molar-refractivity contribution is 6.01. The summed E-state index contributed by atoms with van der Waals surface area (Å²) in [6, 6.07) is 13.0. The molecule has 2 aliphatic heterocycles. The van der Waals surface area contributed by atoms with Crippen LogP contribution in [0.4, 0.5) is 11.4 Å². The number of rotatable bonds is 3. The van der Waals surface area contributed by atoms with Crippen LogP contribution in [0.1, 0.15) is 48.4 Å². The van der Waals surface area contributed by atoms with Gasteiger partial charge in [0, 0.05) is 24.2 Å². The molecule has 138 valence electrons. The Bertz CT molecular complexity index is 938. The van der Waals surface area contributed by atoms with E-state index in [1.54, 1.807) is 0 Å². The number of hydrogen-bond donors (Lipinski definition) is 3. The van der Waals surface area contributed by atoms with E-state index in [-0.39, 0.29) is 30.2 Å². The van der Waals surface area contributed by atoms with E-state index in [4.69, 9.17) is 0 Å². The number of carbonyl (C=O) groups is 3. The lowest BCUT2D eigenvalue weighted by molar-refractivity contribution is -0.126. The quantitative estimate of drug-likeness (QED) is 0.784. The van der Waals surface area contributed by atoms with Crippen molar-refractivity contribution in [3.63, 3.8) is 0 Å². The lowest BCUT2D eigenvalue weighted by Crippen LogP contribution is -2.36. The number of fused-ring (bicyclic) bond motifs is 2. The van der Waals surface area contributed by atoms with Gasteiger partial charge in [-0.05, 0) is 42.2 Å². The van der Waals surface area contributed by atoms with E-state index in [0.717, 1.165) is 22.4 Å². The molecule has 3 N–H and O–H groups in total. The first-order valence-electron chi connectivity index (χ1n) is 9.13. The van der Waals surface area contributed by atoms with Crippen LogP contribution in [0.2, 0.25) is 0 Å². The molecule has 2 unspecified atom stereocenters. The number of anilines is 2. The molecule has 6 nitrogen and oxygen atoms in total. The normalized spacial score (nSPS) is 19.2. The Balaban J connectivity index is 1.52. The van der Waals surface area contributed by atoms with Crippen molar-refractivity contribution in [1.82, 2.24) is 5.32 Å². The number of hydrogen-bond acceptors (Lipinski definition) is 3. The predicted molar refractivity (Wildman–Crippen MR) is 102 cm³/mol. The summed E-state index contributed by atoms with van der Waals surface area (Å²) in [6.07, 6.45) is 1.32. The molecule has 2 aliphatic rings. The summed E-state index contributed by atoms with van der Waals surface area (Å²) in [6.45, 7) is 1.93. The molecule has 0 aromatic heterocycles. The van der Waals surface area contributed by atoms with Gasteiger partial charge >= 0.3 is 0 Å². The molecule has 2 aromatic carbocycles. The van der Waals surface area contributed by atoms with E-state index in [0.29, 0.717) is 18.5 Å². The minimum absolute atomic E-state index is 0.0332. The Morgan fingerprint density at radius 3 is 2.67 bits per heavy atom. The first-order chi connectivity index (χ1) is 13.0. The van der Waals surface area contributed by atoms with Crippen molar-refractivity contribution in [2.75, 3.05) is 10.6 Å². The average Bonchev–Trinajstić information content (AvgIpc) is 2.66. The Morgan fingerprint density at radius 2 is 1.81 bits per heavy atom. The maximum absolute atomic E-state index is 12.9. The van der Waals surface area contributed by atoms with Crippen molar-refractivity contribution >= 4 is 29.1 Å². The molecular weight excluding hydrogens is 342 g/mol. The van der Waals surface area contributed by atoms with E-state index in [1.165, 1.54) is 0 Å². The fourth-order valence-electron chi connectivity index (χ4n) is 3.72. The summed E-state index contributed by atoms with van der Waals surface area (Å²) in [4.78, 5) is 36.3. The minimum atomic E-state index is -0.491. The molecular formula is C21H21N3O3. The zero-order valence-corrected chi connectivity index (χ0v) is 15.0. The van der Waals surface area contributed by atoms with Crippen LogP contribution in [-0.4, -0.2) is 17.7 Å². The second kappa shape index (κ2) is 6.87. The first-order valence-corrected chi connectivity index (χ1v) is 9.13. The Hall–Kier alpha value is -3.15. The van der Waals surface area contributed by atoms with Crippen molar-refractivity contribution in [3.05, 3.63) is 59.2 Å². The molecule has 0 saturated carbocycles. The van der Waals surface area contributed by atoms with Crippen molar-refractivity contribution in [1.29, 1.82) is 0 Å². The molecule has 0 saturated heterocycles. The molecule has 2 aromatic rings. The van der Waals surface area contributed by atoms with Crippen molar-refractivity contribution in [3.8, 4) is 0 Å². The van der Waals surface area contributed by atoms with Crippen LogP contribution in [-0.2, 0) is 20.8 Å². The summed E-state index contributed by atoms with van der Waals surface area (Å²) in [5, 5.41) is 8.71. The van der Waals surface area contributed by atoms with E-state index < -0.39 is 5.92 Å².